The first kappa shape index (κ1) is 60.0. The monoisotopic (exact) mass is 925 g/mol. The van der Waals surface area contributed by atoms with Gasteiger partial charge >= 0.3 is 8.56 Å². The first-order chi connectivity index (χ1) is 28.3. The maximum atomic E-state index is 10.1. The molecule has 0 radical (unpaired) electrons. The van der Waals surface area contributed by atoms with Crippen LogP contribution in [0.25, 0.3) is 0 Å². The third-order valence-corrected chi connectivity index (χ3v) is 21.4. The highest BCUT2D eigenvalue weighted by Crippen LogP contribution is 2.29. The Morgan fingerprint density at radius 2 is 0.767 bits per heavy atom. The van der Waals surface area contributed by atoms with Crippen LogP contribution < -0.4 is 0 Å². The fourth-order valence-electron chi connectivity index (χ4n) is 6.75. The van der Waals surface area contributed by atoms with Gasteiger partial charge in [-0.1, -0.05) is 13.8 Å². The Hall–Kier alpha value is -0.0294. The molecule has 17 nitrogen and oxygen atoms in total. The average Bonchev–Trinajstić information content (AvgIpc) is 3.16. The normalized spacial score (nSPS) is 17.0. The Balaban J connectivity index is 5.11. The van der Waals surface area contributed by atoms with Gasteiger partial charge in [0.25, 0.3) is 0 Å². The van der Waals surface area contributed by atoms with Crippen molar-refractivity contribution in [1.82, 2.24) is 0 Å². The van der Waals surface area contributed by atoms with Crippen LogP contribution in [0.5, 0.6) is 0 Å². The van der Waals surface area contributed by atoms with Gasteiger partial charge in [-0.25, -0.2) is 4.89 Å². The summed E-state index contributed by atoms with van der Waals surface area (Å²) in [6, 6.07) is 1.83. The standard InChI is InChI=1S/C40H88O17Si3/c1-13-39(31-51-24-35(41)21-45-3,32-52-25-36(42)22-46-4)29-49-17-15-19-58(7,8)56-60(11,12)57-59(9,10)20-16-18-50-30-40(14-2,33-53-26-37(43)23-47-5)34-54-28-38(55-44)27-48-6/h35-38,41-44H,13-34H2,1-12H3. The second-order valence-corrected chi connectivity index (χ2v) is 30.2. The van der Waals surface area contributed by atoms with Gasteiger partial charge in [0.2, 0.25) is 0 Å². The van der Waals surface area contributed by atoms with Gasteiger partial charge in [-0.3, -0.25) is 5.26 Å². The first-order valence-electron chi connectivity index (χ1n) is 21.5. The van der Waals surface area contributed by atoms with E-state index >= 15 is 0 Å². The molecular weight excluding hydrogens is 837 g/mol. The van der Waals surface area contributed by atoms with Crippen LogP contribution in [-0.2, 0) is 60.5 Å². The summed E-state index contributed by atoms with van der Waals surface area (Å²) >= 11 is 0. The van der Waals surface area contributed by atoms with E-state index in [-0.39, 0.29) is 52.9 Å². The minimum atomic E-state index is -2.46. The molecule has 0 saturated carbocycles. The summed E-state index contributed by atoms with van der Waals surface area (Å²) < 4.78 is 70.0. The molecule has 0 bridgehead atoms. The van der Waals surface area contributed by atoms with Gasteiger partial charge in [-0.05, 0) is 77.1 Å². The van der Waals surface area contributed by atoms with Crippen LogP contribution in [0, 0.1) is 10.8 Å². The fourth-order valence-corrected chi connectivity index (χ4v) is 20.7. The van der Waals surface area contributed by atoms with E-state index in [1.165, 1.54) is 28.4 Å². The number of hydrogen-bond donors (Lipinski definition) is 4. The summed E-state index contributed by atoms with van der Waals surface area (Å²) in [5, 5.41) is 39.4. The molecule has 0 rings (SSSR count). The molecule has 0 aromatic heterocycles. The molecule has 60 heavy (non-hydrogen) atoms. The third kappa shape index (κ3) is 29.4. The van der Waals surface area contributed by atoms with Crippen LogP contribution in [0.3, 0.4) is 0 Å². The highest BCUT2D eigenvalue weighted by Gasteiger charge is 2.40. The van der Waals surface area contributed by atoms with Gasteiger partial charge in [0, 0.05) is 52.5 Å². The minimum absolute atomic E-state index is 0.131. The van der Waals surface area contributed by atoms with Crippen molar-refractivity contribution in [2.24, 2.45) is 10.8 Å². The highest BCUT2D eigenvalue weighted by molar-refractivity contribution is 6.87. The Bertz CT molecular complexity index is 1000. The van der Waals surface area contributed by atoms with Gasteiger partial charge in [0.1, 0.15) is 24.4 Å². The van der Waals surface area contributed by atoms with Crippen molar-refractivity contribution >= 4 is 25.2 Å². The molecule has 0 aliphatic carbocycles. The number of hydrogen-bond acceptors (Lipinski definition) is 17. The Morgan fingerprint density at radius 3 is 1.07 bits per heavy atom. The first-order valence-corrected chi connectivity index (χ1v) is 30.5. The minimum Gasteiger partial charge on any atom is -0.437 e. The molecule has 0 aromatic carbocycles. The predicted octanol–water partition coefficient (Wildman–Crippen LogP) is 4.33. The molecule has 5 unspecified atom stereocenters. The summed E-state index contributed by atoms with van der Waals surface area (Å²) in [7, 11) is -0.516. The van der Waals surface area contributed by atoms with Gasteiger partial charge in [0.05, 0.1) is 92.5 Å². The zero-order valence-corrected chi connectivity index (χ0v) is 42.5. The van der Waals surface area contributed by atoms with Crippen molar-refractivity contribution in [3.05, 3.63) is 0 Å². The molecule has 0 amide bonds. The van der Waals surface area contributed by atoms with Crippen LogP contribution in [0.15, 0.2) is 0 Å². The lowest BCUT2D eigenvalue weighted by atomic mass is 9.88. The van der Waals surface area contributed by atoms with Gasteiger partial charge in [0.15, 0.2) is 16.6 Å². The van der Waals surface area contributed by atoms with Crippen LogP contribution in [0.2, 0.25) is 51.4 Å². The Morgan fingerprint density at radius 1 is 0.450 bits per heavy atom. The Kier molecular flexibility index (Phi) is 33.4. The van der Waals surface area contributed by atoms with Gasteiger partial charge < -0.3 is 70.9 Å². The van der Waals surface area contributed by atoms with Crippen molar-refractivity contribution < 1.29 is 81.1 Å². The smallest absolute Gasteiger partial charge is 0.311 e. The van der Waals surface area contributed by atoms with Crippen molar-refractivity contribution in [2.75, 3.05) is 134 Å². The third-order valence-electron chi connectivity index (χ3n) is 9.94. The molecule has 0 aliphatic heterocycles. The van der Waals surface area contributed by atoms with Crippen molar-refractivity contribution in [1.29, 1.82) is 0 Å². The second kappa shape index (κ2) is 33.5. The van der Waals surface area contributed by atoms with E-state index < -0.39 is 60.4 Å². The molecule has 362 valence electrons. The van der Waals surface area contributed by atoms with Crippen molar-refractivity contribution in [3.63, 3.8) is 0 Å². The second-order valence-electron chi connectivity index (χ2n) is 17.7. The summed E-state index contributed by atoms with van der Waals surface area (Å²) in [6.07, 6.45) is 0.322. The van der Waals surface area contributed by atoms with E-state index in [0.29, 0.717) is 59.3 Å². The van der Waals surface area contributed by atoms with Crippen LogP contribution in [0.1, 0.15) is 39.5 Å². The van der Waals surface area contributed by atoms with Crippen LogP contribution >= 0.6 is 0 Å². The lowest BCUT2D eigenvalue weighted by Crippen LogP contribution is -2.52. The Labute approximate surface area is 365 Å². The van der Waals surface area contributed by atoms with Gasteiger partial charge in [-0.2, -0.15) is 0 Å². The molecule has 0 aromatic rings. The largest absolute Gasteiger partial charge is 0.437 e. The highest BCUT2D eigenvalue weighted by atomic mass is 28.5. The zero-order chi connectivity index (χ0) is 45.6. The fraction of sp³-hybridized carbons (Fsp3) is 1.00. The number of ether oxygens (including phenoxy) is 10. The molecular formula is C40H88O17Si3. The van der Waals surface area contributed by atoms with E-state index in [1.54, 1.807) is 0 Å². The van der Waals surface area contributed by atoms with Gasteiger partial charge in [-0.15, -0.1) is 0 Å². The predicted molar refractivity (Wildman–Crippen MR) is 237 cm³/mol. The molecule has 0 spiro atoms. The summed E-state index contributed by atoms with van der Waals surface area (Å²) in [6.45, 7) is 21.9. The lowest BCUT2D eigenvalue weighted by Gasteiger charge is -2.39. The number of methoxy groups -OCH3 is 4. The van der Waals surface area contributed by atoms with E-state index in [2.05, 4.69) is 58.0 Å². The lowest BCUT2D eigenvalue weighted by molar-refractivity contribution is -0.295. The number of aliphatic hydroxyl groups is 3. The zero-order valence-electron chi connectivity index (χ0n) is 39.5. The maximum absolute atomic E-state index is 10.1. The maximum Gasteiger partial charge on any atom is 0.311 e. The van der Waals surface area contributed by atoms with Crippen LogP contribution in [0.4, 0.5) is 0 Å². The SMILES string of the molecule is CCC(COCCC[Si](C)(C)O[Si](C)(C)O[Si](C)(C)CCCOCC(CC)(COCC(O)COC)COCC(COC)OO)(COCC(O)COC)COCC(O)COC. The summed E-state index contributed by atoms with van der Waals surface area (Å²) in [4.78, 5) is 4.46. The van der Waals surface area contributed by atoms with E-state index in [4.69, 9.17) is 60.9 Å². The molecule has 0 fully saturated rings. The molecule has 0 saturated heterocycles. The molecule has 5 atom stereocenters. The molecule has 4 N–H and O–H groups in total. The molecule has 20 heteroatoms. The number of rotatable bonds is 43. The molecule has 0 heterocycles. The topological polar surface area (TPSA) is 201 Å². The van der Waals surface area contributed by atoms with E-state index in [1.807, 2.05) is 0 Å². The van der Waals surface area contributed by atoms with Crippen molar-refractivity contribution in [2.45, 2.75) is 115 Å². The molecule has 0 aliphatic rings. The average molecular weight is 925 g/mol. The quantitative estimate of drug-likeness (QED) is 0.0291. The van der Waals surface area contributed by atoms with Crippen molar-refractivity contribution in [3.8, 4) is 0 Å². The summed E-state index contributed by atoms with van der Waals surface area (Å²) in [5.74, 6) is 0. The summed E-state index contributed by atoms with van der Waals surface area (Å²) in [5.41, 5.74) is -0.924. The van der Waals surface area contributed by atoms with Crippen LogP contribution in [-0.4, -0.2) is 204 Å². The van der Waals surface area contributed by atoms with E-state index in [9.17, 15) is 15.3 Å². The number of aliphatic hydroxyl groups excluding tert-OH is 3. The van der Waals surface area contributed by atoms with E-state index in [0.717, 1.165) is 31.4 Å².